The molecule has 0 aliphatic heterocycles. The summed E-state index contributed by atoms with van der Waals surface area (Å²) in [6.45, 7) is 1.58. The molecule has 0 bridgehead atoms. The van der Waals surface area contributed by atoms with Gasteiger partial charge in [-0.25, -0.2) is 4.79 Å². The van der Waals surface area contributed by atoms with Gasteiger partial charge in [-0.3, -0.25) is 4.79 Å². The van der Waals surface area contributed by atoms with E-state index >= 15 is 0 Å². The van der Waals surface area contributed by atoms with Crippen LogP contribution in [0.15, 0.2) is 6.07 Å². The predicted octanol–water partition coefficient (Wildman–Crippen LogP) is 3.79. The highest BCUT2D eigenvalue weighted by molar-refractivity contribution is 7.20. The molecular formula is C11H8Cl2N2O3S2. The molecular weight excluding hydrogens is 343 g/mol. The van der Waals surface area contributed by atoms with E-state index in [2.05, 4.69) is 4.37 Å². The Morgan fingerprint density at radius 3 is 2.55 bits per heavy atom. The van der Waals surface area contributed by atoms with E-state index in [0.29, 0.717) is 10.0 Å². The first-order valence-corrected chi connectivity index (χ1v) is 7.60. The number of carbonyl (C=O) groups excluding carboxylic acids is 1. The molecule has 0 aliphatic carbocycles. The van der Waals surface area contributed by atoms with E-state index in [1.807, 2.05) is 0 Å². The van der Waals surface area contributed by atoms with Gasteiger partial charge < -0.3 is 10.0 Å². The molecule has 106 valence electrons. The first-order chi connectivity index (χ1) is 9.32. The topological polar surface area (TPSA) is 70.5 Å². The molecule has 0 radical (unpaired) electrons. The molecule has 20 heavy (non-hydrogen) atoms. The summed E-state index contributed by atoms with van der Waals surface area (Å²) < 4.78 is 4.64. The van der Waals surface area contributed by atoms with Crippen molar-refractivity contribution in [3.05, 3.63) is 31.6 Å². The van der Waals surface area contributed by atoms with Gasteiger partial charge in [-0.2, -0.15) is 4.37 Å². The highest BCUT2D eigenvalue weighted by Gasteiger charge is 2.26. The van der Waals surface area contributed by atoms with Crippen molar-refractivity contribution in [2.45, 2.75) is 6.92 Å². The van der Waals surface area contributed by atoms with Gasteiger partial charge >= 0.3 is 5.97 Å². The van der Waals surface area contributed by atoms with Gasteiger partial charge in [0.25, 0.3) is 5.91 Å². The monoisotopic (exact) mass is 350 g/mol. The van der Waals surface area contributed by atoms with E-state index in [1.165, 1.54) is 18.0 Å². The third kappa shape index (κ3) is 2.67. The van der Waals surface area contributed by atoms with Gasteiger partial charge in [0.05, 0.1) is 15.6 Å². The fourth-order valence-corrected chi connectivity index (χ4v) is 3.89. The van der Waals surface area contributed by atoms with Crippen molar-refractivity contribution in [1.82, 2.24) is 4.37 Å². The third-order valence-electron chi connectivity index (χ3n) is 2.55. The number of anilines is 1. The Morgan fingerprint density at radius 2 is 2.05 bits per heavy atom. The van der Waals surface area contributed by atoms with Crippen molar-refractivity contribution in [3.8, 4) is 0 Å². The van der Waals surface area contributed by atoms with Crippen LogP contribution in [0.25, 0.3) is 0 Å². The zero-order valence-electron chi connectivity index (χ0n) is 10.3. The molecule has 9 heteroatoms. The minimum Gasteiger partial charge on any atom is -0.478 e. The van der Waals surface area contributed by atoms with Crippen LogP contribution in [0.5, 0.6) is 0 Å². The quantitative estimate of drug-likeness (QED) is 0.913. The standard InChI is InChI=1S/C11H8Cl2N2O3S2/c1-4-7(11(17)18)10(20-14-4)15(2)9(16)5-3-6(12)19-8(5)13/h3H,1-2H3,(H,17,18). The van der Waals surface area contributed by atoms with Crippen LogP contribution in [-0.4, -0.2) is 28.4 Å². The number of carboxylic acid groups (broad SMARTS) is 1. The van der Waals surface area contributed by atoms with E-state index in [9.17, 15) is 14.7 Å². The van der Waals surface area contributed by atoms with Gasteiger partial charge in [0, 0.05) is 7.05 Å². The fourth-order valence-electron chi connectivity index (χ4n) is 1.59. The maximum absolute atomic E-state index is 12.3. The largest absolute Gasteiger partial charge is 0.478 e. The van der Waals surface area contributed by atoms with Gasteiger partial charge in [0.15, 0.2) is 0 Å². The van der Waals surface area contributed by atoms with Gasteiger partial charge in [-0.1, -0.05) is 23.2 Å². The van der Waals surface area contributed by atoms with E-state index in [-0.39, 0.29) is 20.5 Å². The first-order valence-electron chi connectivity index (χ1n) is 5.25. The highest BCUT2D eigenvalue weighted by atomic mass is 35.5. The zero-order valence-corrected chi connectivity index (χ0v) is 13.5. The number of halogens is 2. The lowest BCUT2D eigenvalue weighted by Crippen LogP contribution is -2.26. The Kier molecular flexibility index (Phi) is 4.33. The molecule has 0 aliphatic rings. The Labute approximate surface area is 132 Å². The van der Waals surface area contributed by atoms with Crippen molar-refractivity contribution in [1.29, 1.82) is 0 Å². The Morgan fingerprint density at radius 1 is 1.40 bits per heavy atom. The number of nitrogens with zero attached hydrogens (tertiary/aromatic N) is 2. The molecule has 0 atom stereocenters. The molecule has 0 fully saturated rings. The number of aryl methyl sites for hydroxylation is 1. The maximum atomic E-state index is 12.3. The van der Waals surface area contributed by atoms with Gasteiger partial charge in [0.1, 0.15) is 14.9 Å². The summed E-state index contributed by atoms with van der Waals surface area (Å²) in [7, 11) is 1.48. The molecule has 2 heterocycles. The van der Waals surface area contributed by atoms with Crippen molar-refractivity contribution in [2.24, 2.45) is 0 Å². The highest BCUT2D eigenvalue weighted by Crippen LogP contribution is 2.34. The molecule has 0 saturated heterocycles. The lowest BCUT2D eigenvalue weighted by Gasteiger charge is -2.15. The first kappa shape index (κ1) is 15.2. The molecule has 2 aromatic rings. The summed E-state index contributed by atoms with van der Waals surface area (Å²) in [5, 5.41) is 9.44. The number of aromatic carboxylic acids is 1. The molecule has 2 rings (SSSR count). The van der Waals surface area contributed by atoms with Crippen molar-refractivity contribution < 1.29 is 14.7 Å². The second-order valence-corrected chi connectivity index (χ2v) is 6.89. The minimum atomic E-state index is -1.12. The molecule has 1 amide bonds. The van der Waals surface area contributed by atoms with Crippen LogP contribution in [0.4, 0.5) is 5.00 Å². The number of rotatable bonds is 3. The number of amides is 1. The molecule has 0 saturated carbocycles. The van der Waals surface area contributed by atoms with Gasteiger partial charge in [-0.15, -0.1) is 11.3 Å². The van der Waals surface area contributed by atoms with Crippen LogP contribution in [0.2, 0.25) is 8.67 Å². The summed E-state index contributed by atoms with van der Waals surface area (Å²) in [5.74, 6) is -1.55. The van der Waals surface area contributed by atoms with Crippen molar-refractivity contribution >= 4 is 62.9 Å². The number of hydrogen-bond donors (Lipinski definition) is 1. The Hall–Kier alpha value is -1.15. The summed E-state index contributed by atoms with van der Waals surface area (Å²) >= 11 is 13.8. The fraction of sp³-hybridized carbons (Fsp3) is 0.182. The molecule has 1 N–H and O–H groups in total. The average molecular weight is 351 g/mol. The van der Waals surface area contributed by atoms with Crippen LogP contribution in [0.3, 0.4) is 0 Å². The number of carboxylic acids is 1. The summed E-state index contributed by atoms with van der Waals surface area (Å²) in [4.78, 5) is 24.8. The maximum Gasteiger partial charge on any atom is 0.340 e. The number of carbonyl (C=O) groups is 2. The normalized spacial score (nSPS) is 10.6. The van der Waals surface area contributed by atoms with Crippen LogP contribution in [0.1, 0.15) is 26.4 Å². The van der Waals surface area contributed by atoms with Gasteiger partial charge in [0.2, 0.25) is 0 Å². The Bertz CT molecular complexity index is 696. The molecule has 5 nitrogen and oxygen atoms in total. The minimum absolute atomic E-state index is 0.0169. The molecule has 0 spiro atoms. The molecule has 0 unspecified atom stereocenters. The second kappa shape index (κ2) is 5.69. The second-order valence-electron chi connectivity index (χ2n) is 3.86. The van der Waals surface area contributed by atoms with E-state index < -0.39 is 11.9 Å². The Balaban J connectivity index is 2.42. The average Bonchev–Trinajstić information content (AvgIpc) is 2.90. The van der Waals surface area contributed by atoms with E-state index in [1.54, 1.807) is 6.92 Å². The van der Waals surface area contributed by atoms with Gasteiger partial charge in [-0.05, 0) is 24.5 Å². The summed E-state index contributed by atoms with van der Waals surface area (Å²) in [6, 6.07) is 1.46. The van der Waals surface area contributed by atoms with Crippen LogP contribution in [0, 0.1) is 6.92 Å². The third-order valence-corrected chi connectivity index (χ3v) is 5.06. The lowest BCUT2D eigenvalue weighted by atomic mass is 10.2. The zero-order chi connectivity index (χ0) is 15.0. The predicted molar refractivity (Wildman–Crippen MR) is 80.9 cm³/mol. The number of hydrogen-bond acceptors (Lipinski definition) is 5. The smallest absolute Gasteiger partial charge is 0.340 e. The summed E-state index contributed by atoms with van der Waals surface area (Å²) in [5.41, 5.74) is 0.626. The van der Waals surface area contributed by atoms with E-state index in [4.69, 9.17) is 23.2 Å². The van der Waals surface area contributed by atoms with Crippen LogP contribution < -0.4 is 4.90 Å². The number of aromatic nitrogens is 1. The van der Waals surface area contributed by atoms with E-state index in [0.717, 1.165) is 22.9 Å². The molecule has 2 aromatic heterocycles. The SMILES string of the molecule is Cc1nsc(N(C)C(=O)c2cc(Cl)sc2Cl)c1C(=O)O. The van der Waals surface area contributed by atoms with Crippen molar-refractivity contribution in [3.63, 3.8) is 0 Å². The van der Waals surface area contributed by atoms with Crippen LogP contribution >= 0.6 is 46.1 Å². The lowest BCUT2D eigenvalue weighted by molar-refractivity contribution is 0.0697. The number of thiophene rings is 1. The van der Waals surface area contributed by atoms with Crippen molar-refractivity contribution in [2.75, 3.05) is 11.9 Å². The summed E-state index contributed by atoms with van der Waals surface area (Å²) in [6.07, 6.45) is 0. The van der Waals surface area contributed by atoms with Crippen LogP contribution in [-0.2, 0) is 0 Å². The molecule has 0 aromatic carbocycles.